The smallest absolute Gasteiger partial charge is 0.196 e. The Hall–Kier alpha value is -1.39. The number of hydrogen-bond donors (Lipinski definition) is 2. The lowest BCUT2D eigenvalue weighted by Crippen LogP contribution is -2.29. The van der Waals surface area contributed by atoms with Crippen molar-refractivity contribution in [3.8, 4) is 5.75 Å². The van der Waals surface area contributed by atoms with Crippen molar-refractivity contribution < 1.29 is 14.6 Å². The zero-order chi connectivity index (χ0) is 13.9. The summed E-state index contributed by atoms with van der Waals surface area (Å²) < 4.78 is 5.16. The number of nitrogens with two attached hydrogens (primary N) is 1. The molecule has 0 fully saturated rings. The van der Waals surface area contributed by atoms with Crippen LogP contribution >= 0.6 is 0 Å². The zero-order valence-corrected chi connectivity index (χ0v) is 11.4. The fourth-order valence-corrected chi connectivity index (χ4v) is 1.65. The minimum Gasteiger partial charge on any atom is -0.496 e. The highest BCUT2D eigenvalue weighted by atomic mass is 16.5. The van der Waals surface area contributed by atoms with Crippen molar-refractivity contribution >= 4 is 5.78 Å². The maximum absolute atomic E-state index is 12.0. The lowest BCUT2D eigenvalue weighted by atomic mass is 9.85. The Bertz CT molecular complexity index is 435. The molecule has 0 aliphatic rings. The number of methoxy groups -OCH3 is 1. The Labute approximate surface area is 108 Å². The number of benzene rings is 1. The lowest BCUT2D eigenvalue weighted by molar-refractivity contribution is 0.0759. The number of aliphatic hydroxyl groups excluding tert-OH is 1. The molecule has 0 heterocycles. The molecule has 0 spiro atoms. The molecule has 0 aromatic heterocycles. The van der Waals surface area contributed by atoms with Gasteiger partial charge in [-0.3, -0.25) is 4.79 Å². The number of aliphatic hydroxyl groups is 1. The van der Waals surface area contributed by atoms with Crippen molar-refractivity contribution in [2.75, 3.05) is 13.7 Å². The van der Waals surface area contributed by atoms with Crippen LogP contribution in [-0.4, -0.2) is 30.6 Å². The van der Waals surface area contributed by atoms with Crippen LogP contribution in [0.2, 0.25) is 0 Å². The third kappa shape index (κ3) is 3.09. The van der Waals surface area contributed by atoms with Crippen molar-refractivity contribution in [2.24, 2.45) is 5.73 Å². The normalized spacial score (nSPS) is 13.2. The van der Waals surface area contributed by atoms with Crippen LogP contribution in [-0.2, 0) is 5.41 Å². The average molecular weight is 251 g/mol. The molecule has 0 saturated carbocycles. The van der Waals surface area contributed by atoms with E-state index in [1.807, 2.05) is 6.07 Å². The third-order valence-corrected chi connectivity index (χ3v) is 2.86. The molecule has 1 aromatic carbocycles. The van der Waals surface area contributed by atoms with E-state index in [0.717, 1.165) is 5.56 Å². The molecule has 4 nitrogen and oxygen atoms in total. The molecule has 0 aliphatic heterocycles. The zero-order valence-electron chi connectivity index (χ0n) is 11.4. The van der Waals surface area contributed by atoms with E-state index in [4.69, 9.17) is 10.5 Å². The largest absolute Gasteiger partial charge is 0.496 e. The fraction of sp³-hybridized carbons (Fsp3) is 0.500. The second-order valence-electron chi connectivity index (χ2n) is 5.28. The number of ether oxygens (including phenoxy) is 1. The highest BCUT2D eigenvalue weighted by Gasteiger charge is 2.22. The molecule has 100 valence electrons. The first-order valence-corrected chi connectivity index (χ1v) is 5.92. The Kier molecular flexibility index (Phi) is 4.48. The number of carbonyl (C=O) groups excluding carboxylic acids is 1. The van der Waals surface area contributed by atoms with Crippen molar-refractivity contribution in [2.45, 2.75) is 32.3 Å². The summed E-state index contributed by atoms with van der Waals surface area (Å²) in [6.45, 7) is 6.08. The van der Waals surface area contributed by atoms with Gasteiger partial charge in [0, 0.05) is 6.54 Å². The predicted octanol–water partition coefficient (Wildman–Crippen LogP) is 1.50. The molecule has 3 N–H and O–H groups in total. The summed E-state index contributed by atoms with van der Waals surface area (Å²) in [6.07, 6.45) is -1.19. The van der Waals surface area contributed by atoms with E-state index in [2.05, 4.69) is 20.8 Å². The monoisotopic (exact) mass is 251 g/mol. The van der Waals surface area contributed by atoms with E-state index in [1.165, 1.54) is 7.11 Å². The Morgan fingerprint density at radius 1 is 1.44 bits per heavy atom. The molecule has 1 atom stereocenters. The maximum atomic E-state index is 12.0. The third-order valence-electron chi connectivity index (χ3n) is 2.86. The van der Waals surface area contributed by atoms with Crippen LogP contribution in [0.3, 0.4) is 0 Å². The topological polar surface area (TPSA) is 72.5 Å². The molecule has 0 amide bonds. The van der Waals surface area contributed by atoms with Crippen LogP contribution in [0.25, 0.3) is 0 Å². The first-order valence-electron chi connectivity index (χ1n) is 5.92. The number of carbonyl (C=O) groups is 1. The second-order valence-corrected chi connectivity index (χ2v) is 5.28. The van der Waals surface area contributed by atoms with Gasteiger partial charge in [-0.2, -0.15) is 0 Å². The van der Waals surface area contributed by atoms with E-state index in [1.54, 1.807) is 12.1 Å². The van der Waals surface area contributed by atoms with E-state index < -0.39 is 11.9 Å². The van der Waals surface area contributed by atoms with Gasteiger partial charge in [-0.25, -0.2) is 0 Å². The highest BCUT2D eigenvalue weighted by molar-refractivity contribution is 6.02. The number of Topliss-reactive ketones (excluding diaryl/α,β-unsaturated/α-hetero) is 1. The Morgan fingerprint density at radius 3 is 2.50 bits per heavy atom. The molecule has 1 rings (SSSR count). The molecule has 18 heavy (non-hydrogen) atoms. The molecule has 1 unspecified atom stereocenters. The van der Waals surface area contributed by atoms with Gasteiger partial charge in [0.2, 0.25) is 0 Å². The quantitative estimate of drug-likeness (QED) is 0.795. The van der Waals surface area contributed by atoms with Crippen LogP contribution in [0.4, 0.5) is 0 Å². The molecule has 0 bridgehead atoms. The molecular weight excluding hydrogens is 230 g/mol. The van der Waals surface area contributed by atoms with Crippen molar-refractivity contribution in [3.63, 3.8) is 0 Å². The van der Waals surface area contributed by atoms with Crippen molar-refractivity contribution in [1.29, 1.82) is 0 Å². The van der Waals surface area contributed by atoms with Crippen LogP contribution in [0, 0.1) is 0 Å². The van der Waals surface area contributed by atoms with Gasteiger partial charge in [0.05, 0.1) is 12.7 Å². The maximum Gasteiger partial charge on any atom is 0.196 e. The van der Waals surface area contributed by atoms with Gasteiger partial charge < -0.3 is 15.6 Å². The average Bonchev–Trinajstić information content (AvgIpc) is 2.35. The summed E-state index contributed by atoms with van der Waals surface area (Å²) in [7, 11) is 1.50. The first-order chi connectivity index (χ1) is 8.31. The van der Waals surface area contributed by atoms with Crippen LogP contribution in [0.15, 0.2) is 18.2 Å². The predicted molar refractivity (Wildman–Crippen MR) is 71.1 cm³/mol. The van der Waals surface area contributed by atoms with E-state index >= 15 is 0 Å². The summed E-state index contributed by atoms with van der Waals surface area (Å²) in [5.41, 5.74) is 6.63. The molecule has 0 radical (unpaired) electrons. The van der Waals surface area contributed by atoms with Gasteiger partial charge >= 0.3 is 0 Å². The number of rotatable bonds is 4. The summed E-state index contributed by atoms with van der Waals surface area (Å²) in [6, 6.07) is 5.43. The van der Waals surface area contributed by atoms with Crippen molar-refractivity contribution in [3.05, 3.63) is 29.3 Å². The van der Waals surface area contributed by atoms with Gasteiger partial charge in [-0.05, 0) is 23.1 Å². The van der Waals surface area contributed by atoms with E-state index in [0.29, 0.717) is 11.3 Å². The van der Waals surface area contributed by atoms with Gasteiger partial charge in [-0.1, -0.05) is 26.8 Å². The molecule has 4 heteroatoms. The van der Waals surface area contributed by atoms with E-state index in [9.17, 15) is 9.90 Å². The van der Waals surface area contributed by atoms with Gasteiger partial charge in [0.1, 0.15) is 11.9 Å². The summed E-state index contributed by atoms with van der Waals surface area (Å²) >= 11 is 0. The minimum absolute atomic E-state index is 0.0744. The highest BCUT2D eigenvalue weighted by Crippen LogP contribution is 2.28. The van der Waals surface area contributed by atoms with Gasteiger partial charge in [0.15, 0.2) is 5.78 Å². The van der Waals surface area contributed by atoms with Crippen LogP contribution in [0.5, 0.6) is 5.75 Å². The number of hydrogen-bond acceptors (Lipinski definition) is 4. The summed E-state index contributed by atoms with van der Waals surface area (Å²) in [5.74, 6) is 0.0564. The summed E-state index contributed by atoms with van der Waals surface area (Å²) in [4.78, 5) is 12.0. The fourth-order valence-electron chi connectivity index (χ4n) is 1.65. The van der Waals surface area contributed by atoms with Gasteiger partial charge in [-0.15, -0.1) is 0 Å². The van der Waals surface area contributed by atoms with Gasteiger partial charge in [0.25, 0.3) is 0 Å². The minimum atomic E-state index is -1.19. The van der Waals surface area contributed by atoms with Crippen LogP contribution in [0.1, 0.15) is 36.7 Å². The second kappa shape index (κ2) is 5.50. The molecule has 0 aliphatic carbocycles. The molecule has 0 saturated heterocycles. The number of ketones is 1. The Morgan fingerprint density at radius 2 is 2.06 bits per heavy atom. The van der Waals surface area contributed by atoms with Crippen LogP contribution < -0.4 is 10.5 Å². The van der Waals surface area contributed by atoms with Crippen molar-refractivity contribution in [1.82, 2.24) is 0 Å². The molecule has 1 aromatic rings. The molecular formula is C14H21NO3. The standard InChI is InChI=1S/C14H21NO3/c1-14(2,3)9-5-6-12(18-4)10(7-9)13(17)11(16)8-15/h5-7,11,16H,8,15H2,1-4H3. The Balaban J connectivity index is 3.27. The first kappa shape index (κ1) is 14.7. The SMILES string of the molecule is COc1ccc(C(C)(C)C)cc1C(=O)C(O)CN. The van der Waals surface area contributed by atoms with E-state index in [-0.39, 0.29) is 12.0 Å². The lowest BCUT2D eigenvalue weighted by Gasteiger charge is -2.21. The summed E-state index contributed by atoms with van der Waals surface area (Å²) in [5, 5.41) is 9.56.